The van der Waals surface area contributed by atoms with Gasteiger partial charge in [-0.1, -0.05) is 11.6 Å². The van der Waals surface area contributed by atoms with Crippen LogP contribution in [0.1, 0.15) is 15.2 Å². The molecule has 0 radical (unpaired) electrons. The predicted molar refractivity (Wildman–Crippen MR) is 83.1 cm³/mol. The quantitative estimate of drug-likeness (QED) is 0.869. The Hall–Kier alpha value is -1.73. The lowest BCUT2D eigenvalue weighted by atomic mass is 10.1. The Morgan fingerprint density at radius 1 is 1.23 bits per heavy atom. The van der Waals surface area contributed by atoms with Gasteiger partial charge in [0, 0.05) is 19.8 Å². The smallest absolute Gasteiger partial charge is 0.378 e. The SMILES string of the molecule is CN(C)c1ccc(NC(=O)c2ccc(Cl)s2)c(C(F)(F)F)c1. The summed E-state index contributed by atoms with van der Waals surface area (Å²) < 4.78 is 39.9. The molecule has 22 heavy (non-hydrogen) atoms. The molecule has 1 aromatic heterocycles. The van der Waals surface area contributed by atoms with E-state index in [1.54, 1.807) is 19.0 Å². The zero-order valence-corrected chi connectivity index (χ0v) is 13.2. The third kappa shape index (κ3) is 3.72. The zero-order valence-electron chi connectivity index (χ0n) is 11.7. The minimum atomic E-state index is -4.57. The molecule has 0 atom stereocenters. The molecule has 1 N–H and O–H groups in total. The summed E-state index contributed by atoms with van der Waals surface area (Å²) in [6, 6.07) is 6.72. The van der Waals surface area contributed by atoms with Crippen LogP contribution in [-0.2, 0) is 6.18 Å². The number of amides is 1. The summed E-state index contributed by atoms with van der Waals surface area (Å²) >= 11 is 6.72. The van der Waals surface area contributed by atoms with Crippen LogP contribution >= 0.6 is 22.9 Å². The van der Waals surface area contributed by atoms with E-state index in [4.69, 9.17) is 11.6 Å². The molecule has 0 saturated carbocycles. The van der Waals surface area contributed by atoms with Crippen molar-refractivity contribution in [3.63, 3.8) is 0 Å². The number of rotatable bonds is 3. The molecule has 1 heterocycles. The highest BCUT2D eigenvalue weighted by Crippen LogP contribution is 2.37. The normalized spacial score (nSPS) is 11.4. The Bertz CT molecular complexity index is 698. The van der Waals surface area contributed by atoms with E-state index >= 15 is 0 Å². The van der Waals surface area contributed by atoms with Crippen LogP contribution < -0.4 is 10.2 Å². The van der Waals surface area contributed by atoms with Crippen molar-refractivity contribution < 1.29 is 18.0 Å². The van der Waals surface area contributed by atoms with Crippen LogP contribution in [-0.4, -0.2) is 20.0 Å². The van der Waals surface area contributed by atoms with Crippen LogP contribution in [0.25, 0.3) is 0 Å². The maximum Gasteiger partial charge on any atom is 0.418 e. The van der Waals surface area contributed by atoms with Gasteiger partial charge in [-0.2, -0.15) is 13.2 Å². The molecule has 0 saturated heterocycles. The second kappa shape index (κ2) is 6.18. The van der Waals surface area contributed by atoms with Crippen molar-refractivity contribution in [3.05, 3.63) is 45.1 Å². The fraction of sp³-hybridized carbons (Fsp3) is 0.214. The number of nitrogens with zero attached hydrogens (tertiary/aromatic N) is 1. The summed E-state index contributed by atoms with van der Waals surface area (Å²) in [5.74, 6) is -0.625. The van der Waals surface area contributed by atoms with Crippen LogP contribution in [0.5, 0.6) is 0 Å². The van der Waals surface area contributed by atoms with E-state index in [1.807, 2.05) is 0 Å². The number of alkyl halides is 3. The molecule has 0 unspecified atom stereocenters. The minimum absolute atomic E-state index is 0.245. The number of carbonyl (C=O) groups is 1. The fourth-order valence-electron chi connectivity index (χ4n) is 1.77. The second-order valence-corrected chi connectivity index (χ2v) is 6.40. The Kier molecular flexibility index (Phi) is 4.67. The molecule has 0 aliphatic heterocycles. The molecule has 0 bridgehead atoms. The van der Waals surface area contributed by atoms with E-state index in [2.05, 4.69) is 5.32 Å². The van der Waals surface area contributed by atoms with Gasteiger partial charge >= 0.3 is 6.18 Å². The van der Waals surface area contributed by atoms with Crippen LogP contribution in [0.4, 0.5) is 24.5 Å². The number of benzene rings is 1. The number of nitrogens with one attached hydrogen (secondary N) is 1. The van der Waals surface area contributed by atoms with Crippen molar-refractivity contribution in [1.29, 1.82) is 0 Å². The Morgan fingerprint density at radius 3 is 2.41 bits per heavy atom. The predicted octanol–water partition coefficient (Wildman–Crippen LogP) is 4.74. The van der Waals surface area contributed by atoms with Gasteiger partial charge in [0.05, 0.1) is 20.5 Å². The first-order valence-electron chi connectivity index (χ1n) is 6.14. The van der Waals surface area contributed by atoms with Crippen molar-refractivity contribution in [3.8, 4) is 0 Å². The van der Waals surface area contributed by atoms with E-state index < -0.39 is 17.6 Å². The molecule has 1 aromatic carbocycles. The number of anilines is 2. The number of halogens is 4. The van der Waals surface area contributed by atoms with Crippen molar-refractivity contribution >= 4 is 40.2 Å². The van der Waals surface area contributed by atoms with Crippen LogP contribution in [0.2, 0.25) is 4.34 Å². The lowest BCUT2D eigenvalue weighted by Crippen LogP contribution is -2.17. The summed E-state index contributed by atoms with van der Waals surface area (Å²) in [6.07, 6.45) is -4.57. The molecule has 118 valence electrons. The molecular formula is C14H12ClF3N2OS. The Labute approximate surface area is 134 Å². The summed E-state index contributed by atoms with van der Waals surface area (Å²) in [5.41, 5.74) is -0.785. The highest BCUT2D eigenvalue weighted by Gasteiger charge is 2.34. The number of thiophene rings is 1. The molecule has 2 rings (SSSR count). The van der Waals surface area contributed by atoms with Gasteiger partial charge in [0.1, 0.15) is 0 Å². The highest BCUT2D eigenvalue weighted by molar-refractivity contribution is 7.18. The summed E-state index contributed by atoms with van der Waals surface area (Å²) in [5, 5.41) is 2.29. The molecule has 0 fully saturated rings. The lowest BCUT2D eigenvalue weighted by Gasteiger charge is -2.18. The van der Waals surface area contributed by atoms with Gasteiger partial charge in [-0.05, 0) is 30.3 Å². The first-order chi connectivity index (χ1) is 10.2. The molecule has 3 nitrogen and oxygen atoms in total. The molecule has 0 aliphatic carbocycles. The van der Waals surface area contributed by atoms with E-state index in [0.717, 1.165) is 17.4 Å². The van der Waals surface area contributed by atoms with E-state index in [-0.39, 0.29) is 10.6 Å². The molecular weight excluding hydrogens is 337 g/mol. The van der Waals surface area contributed by atoms with Crippen LogP contribution in [0, 0.1) is 0 Å². The van der Waals surface area contributed by atoms with Crippen molar-refractivity contribution in [2.75, 3.05) is 24.3 Å². The van der Waals surface area contributed by atoms with Crippen molar-refractivity contribution in [2.45, 2.75) is 6.18 Å². The molecule has 8 heteroatoms. The van der Waals surface area contributed by atoms with E-state index in [1.165, 1.54) is 24.3 Å². The maximum absolute atomic E-state index is 13.2. The number of hydrogen-bond donors (Lipinski definition) is 1. The summed E-state index contributed by atoms with van der Waals surface area (Å²) in [6.45, 7) is 0. The van der Waals surface area contributed by atoms with Crippen LogP contribution in [0.3, 0.4) is 0 Å². The van der Waals surface area contributed by atoms with Gasteiger partial charge in [-0.3, -0.25) is 4.79 Å². The van der Waals surface area contributed by atoms with Crippen molar-refractivity contribution in [1.82, 2.24) is 0 Å². The number of hydrogen-bond acceptors (Lipinski definition) is 3. The van der Waals surface area contributed by atoms with Gasteiger partial charge < -0.3 is 10.2 Å². The largest absolute Gasteiger partial charge is 0.418 e. The Balaban J connectivity index is 2.36. The first kappa shape index (κ1) is 16.6. The van der Waals surface area contributed by atoms with Gasteiger partial charge in [-0.15, -0.1) is 11.3 Å². The average Bonchev–Trinajstić information content (AvgIpc) is 2.84. The van der Waals surface area contributed by atoms with Gasteiger partial charge in [0.25, 0.3) is 5.91 Å². The zero-order chi connectivity index (χ0) is 16.5. The lowest BCUT2D eigenvalue weighted by molar-refractivity contribution is -0.136. The molecule has 1 amide bonds. The minimum Gasteiger partial charge on any atom is -0.378 e. The average molecular weight is 349 g/mol. The standard InChI is InChI=1S/C14H12ClF3N2OS/c1-20(2)8-3-4-10(9(7-8)14(16,17)18)19-13(21)11-5-6-12(15)22-11/h3-7H,1-2H3,(H,19,21). The van der Waals surface area contributed by atoms with Crippen LogP contribution in [0.15, 0.2) is 30.3 Å². The van der Waals surface area contributed by atoms with Gasteiger partial charge in [0.15, 0.2) is 0 Å². The third-order valence-electron chi connectivity index (χ3n) is 2.87. The van der Waals surface area contributed by atoms with Crippen molar-refractivity contribution in [2.24, 2.45) is 0 Å². The summed E-state index contributed by atoms with van der Waals surface area (Å²) in [4.78, 5) is 13.8. The molecule has 0 aliphatic rings. The topological polar surface area (TPSA) is 32.3 Å². The molecule has 2 aromatic rings. The third-order valence-corrected chi connectivity index (χ3v) is 4.10. The first-order valence-corrected chi connectivity index (χ1v) is 7.33. The summed E-state index contributed by atoms with van der Waals surface area (Å²) in [7, 11) is 3.28. The van der Waals surface area contributed by atoms with E-state index in [9.17, 15) is 18.0 Å². The van der Waals surface area contributed by atoms with Gasteiger partial charge in [-0.25, -0.2) is 0 Å². The molecule has 0 spiro atoms. The fourth-order valence-corrected chi connectivity index (χ4v) is 2.71. The second-order valence-electron chi connectivity index (χ2n) is 4.68. The number of carbonyl (C=O) groups excluding carboxylic acids is 1. The van der Waals surface area contributed by atoms with E-state index in [0.29, 0.717) is 10.0 Å². The van der Waals surface area contributed by atoms with Gasteiger partial charge in [0.2, 0.25) is 0 Å². The monoisotopic (exact) mass is 348 g/mol. The highest BCUT2D eigenvalue weighted by atomic mass is 35.5. The maximum atomic E-state index is 13.2. The Morgan fingerprint density at radius 2 is 1.91 bits per heavy atom.